The minimum absolute atomic E-state index is 0. The van der Waals surface area contributed by atoms with Gasteiger partial charge in [-0.05, 0) is 18.2 Å². The van der Waals surface area contributed by atoms with E-state index in [0.29, 0.717) is 5.56 Å². The molecule has 1 fully saturated rings. The van der Waals surface area contributed by atoms with E-state index in [0.717, 1.165) is 30.7 Å². The molecule has 0 aliphatic carbocycles. The molecule has 1 heterocycles. The van der Waals surface area contributed by atoms with Crippen LogP contribution in [0.5, 0.6) is 0 Å². The third-order valence-corrected chi connectivity index (χ3v) is 3.58. The molecule has 2 N–H and O–H groups in total. The van der Waals surface area contributed by atoms with Crippen LogP contribution in [0.15, 0.2) is 22.7 Å². The highest BCUT2D eigenvalue weighted by molar-refractivity contribution is 9.10. The molecule has 1 aliphatic heterocycles. The van der Waals surface area contributed by atoms with Crippen molar-refractivity contribution in [1.82, 2.24) is 10.2 Å². The summed E-state index contributed by atoms with van der Waals surface area (Å²) in [5.74, 6) is -0.259. The molecule has 1 aromatic carbocycles. The summed E-state index contributed by atoms with van der Waals surface area (Å²) in [6.07, 6.45) is 0. The van der Waals surface area contributed by atoms with Gasteiger partial charge in [0.15, 0.2) is 0 Å². The highest BCUT2D eigenvalue weighted by Gasteiger charge is 2.23. The van der Waals surface area contributed by atoms with Crippen LogP contribution in [0, 0.1) is 5.82 Å². The zero-order chi connectivity index (χ0) is 12.3. The van der Waals surface area contributed by atoms with Gasteiger partial charge >= 0.3 is 0 Å². The first-order chi connectivity index (χ1) is 8.22. The second-order valence-corrected chi connectivity index (χ2v) is 5.07. The van der Waals surface area contributed by atoms with Gasteiger partial charge in [0.25, 0.3) is 0 Å². The number of piperazine rings is 1. The second kappa shape index (κ2) is 7.40. The van der Waals surface area contributed by atoms with Crippen LogP contribution in [0.4, 0.5) is 4.39 Å². The number of nitrogens with one attached hydrogen (secondary N) is 1. The number of aliphatic hydroxyl groups excluding tert-OH is 1. The maximum atomic E-state index is 13.8. The third-order valence-electron chi connectivity index (χ3n) is 3.08. The molecule has 18 heavy (non-hydrogen) atoms. The summed E-state index contributed by atoms with van der Waals surface area (Å²) in [4.78, 5) is 2.11. The van der Waals surface area contributed by atoms with E-state index in [4.69, 9.17) is 0 Å². The van der Waals surface area contributed by atoms with Crippen molar-refractivity contribution in [2.24, 2.45) is 0 Å². The Morgan fingerprint density at radius 3 is 2.67 bits per heavy atom. The highest BCUT2D eigenvalue weighted by Crippen LogP contribution is 2.26. The number of hydrogen-bond acceptors (Lipinski definition) is 3. The molecule has 3 nitrogen and oxygen atoms in total. The van der Waals surface area contributed by atoms with Crippen molar-refractivity contribution < 1.29 is 9.50 Å². The Hall–Kier alpha value is -0.200. The fourth-order valence-electron chi connectivity index (χ4n) is 2.17. The number of halogens is 3. The molecule has 0 spiro atoms. The lowest BCUT2D eigenvalue weighted by molar-refractivity contribution is 0.108. The predicted molar refractivity (Wildman–Crippen MR) is 75.6 cm³/mol. The van der Waals surface area contributed by atoms with E-state index in [2.05, 4.69) is 26.1 Å². The third kappa shape index (κ3) is 3.65. The monoisotopic (exact) mass is 338 g/mol. The molecule has 0 radical (unpaired) electrons. The zero-order valence-corrected chi connectivity index (χ0v) is 12.3. The van der Waals surface area contributed by atoms with E-state index >= 15 is 0 Å². The van der Waals surface area contributed by atoms with Gasteiger partial charge < -0.3 is 10.4 Å². The standard InChI is InChI=1S/C12H16BrFN2O.ClH/c13-9-1-2-11(14)10(7-9)12(8-17)16-5-3-15-4-6-16;/h1-2,7,12,15,17H,3-6,8H2;1H/t12-;/m0./s1. The molecular weight excluding hydrogens is 323 g/mol. The number of rotatable bonds is 3. The van der Waals surface area contributed by atoms with Crippen LogP contribution in [-0.4, -0.2) is 42.8 Å². The summed E-state index contributed by atoms with van der Waals surface area (Å²) in [6.45, 7) is 3.36. The number of nitrogens with zero attached hydrogens (tertiary/aromatic N) is 1. The van der Waals surface area contributed by atoms with E-state index in [1.807, 2.05) is 0 Å². The largest absolute Gasteiger partial charge is 0.394 e. The Morgan fingerprint density at radius 1 is 1.39 bits per heavy atom. The molecule has 6 heteroatoms. The normalized spacial score (nSPS) is 18.2. The Balaban J connectivity index is 0.00000162. The first-order valence-electron chi connectivity index (χ1n) is 5.73. The predicted octanol–water partition coefficient (Wildman–Crippen LogP) is 1.95. The van der Waals surface area contributed by atoms with E-state index in [1.165, 1.54) is 6.07 Å². The number of benzene rings is 1. The molecular formula is C12H17BrClFN2O. The molecule has 1 aromatic rings. The minimum atomic E-state index is -0.259. The van der Waals surface area contributed by atoms with Gasteiger partial charge in [-0.25, -0.2) is 4.39 Å². The summed E-state index contributed by atoms with van der Waals surface area (Å²) < 4.78 is 14.6. The van der Waals surface area contributed by atoms with Crippen LogP contribution >= 0.6 is 28.3 Å². The molecule has 1 saturated heterocycles. The average Bonchev–Trinajstić information content (AvgIpc) is 2.36. The van der Waals surface area contributed by atoms with Crippen molar-refractivity contribution in [2.75, 3.05) is 32.8 Å². The minimum Gasteiger partial charge on any atom is -0.394 e. The van der Waals surface area contributed by atoms with Crippen LogP contribution < -0.4 is 5.32 Å². The fourth-order valence-corrected chi connectivity index (χ4v) is 2.55. The Bertz CT molecular complexity index is 388. The van der Waals surface area contributed by atoms with Crippen LogP contribution in [0.3, 0.4) is 0 Å². The van der Waals surface area contributed by atoms with Gasteiger partial charge in [0.05, 0.1) is 12.6 Å². The molecule has 0 aromatic heterocycles. The van der Waals surface area contributed by atoms with Crippen LogP contribution in [0.2, 0.25) is 0 Å². The van der Waals surface area contributed by atoms with Gasteiger partial charge in [-0.1, -0.05) is 15.9 Å². The summed E-state index contributed by atoms with van der Waals surface area (Å²) in [7, 11) is 0. The first kappa shape index (κ1) is 15.9. The van der Waals surface area contributed by atoms with Crippen molar-refractivity contribution in [1.29, 1.82) is 0 Å². The first-order valence-corrected chi connectivity index (χ1v) is 6.52. The lowest BCUT2D eigenvalue weighted by Crippen LogP contribution is -2.46. The maximum Gasteiger partial charge on any atom is 0.128 e. The van der Waals surface area contributed by atoms with Crippen LogP contribution in [0.1, 0.15) is 11.6 Å². The SMILES string of the molecule is Cl.OC[C@@H](c1cc(Br)ccc1F)N1CCNCC1. The van der Waals surface area contributed by atoms with Gasteiger partial charge in [0, 0.05) is 36.2 Å². The van der Waals surface area contributed by atoms with Gasteiger partial charge in [-0.2, -0.15) is 0 Å². The van der Waals surface area contributed by atoms with Gasteiger partial charge in [-0.15, -0.1) is 12.4 Å². The maximum absolute atomic E-state index is 13.8. The van der Waals surface area contributed by atoms with Crippen LogP contribution in [0.25, 0.3) is 0 Å². The van der Waals surface area contributed by atoms with Crippen molar-refractivity contribution in [2.45, 2.75) is 6.04 Å². The molecule has 0 unspecified atom stereocenters. The average molecular weight is 340 g/mol. The molecule has 0 bridgehead atoms. The Labute approximate surface area is 121 Å². The zero-order valence-electron chi connectivity index (χ0n) is 9.90. The van der Waals surface area contributed by atoms with Gasteiger partial charge in [0.2, 0.25) is 0 Å². The summed E-state index contributed by atoms with van der Waals surface area (Å²) in [6, 6.07) is 4.60. The molecule has 2 rings (SSSR count). The number of hydrogen-bond donors (Lipinski definition) is 2. The van der Waals surface area contributed by atoms with E-state index in [-0.39, 0.29) is 30.9 Å². The molecule has 0 saturated carbocycles. The quantitative estimate of drug-likeness (QED) is 0.883. The van der Waals surface area contributed by atoms with Crippen molar-refractivity contribution in [3.8, 4) is 0 Å². The van der Waals surface area contributed by atoms with Crippen LogP contribution in [-0.2, 0) is 0 Å². The van der Waals surface area contributed by atoms with Crippen molar-refractivity contribution >= 4 is 28.3 Å². The topological polar surface area (TPSA) is 35.5 Å². The van der Waals surface area contributed by atoms with Gasteiger partial charge in [0.1, 0.15) is 5.82 Å². The summed E-state index contributed by atoms with van der Waals surface area (Å²) in [5, 5.41) is 12.7. The molecule has 0 amide bonds. The van der Waals surface area contributed by atoms with Gasteiger partial charge in [-0.3, -0.25) is 4.90 Å². The number of aliphatic hydroxyl groups is 1. The van der Waals surface area contributed by atoms with E-state index < -0.39 is 0 Å². The second-order valence-electron chi connectivity index (χ2n) is 4.15. The Morgan fingerprint density at radius 2 is 2.06 bits per heavy atom. The smallest absolute Gasteiger partial charge is 0.128 e. The lowest BCUT2D eigenvalue weighted by atomic mass is 10.0. The summed E-state index contributed by atoms with van der Waals surface area (Å²) >= 11 is 3.34. The molecule has 1 atom stereocenters. The lowest BCUT2D eigenvalue weighted by Gasteiger charge is -2.34. The molecule has 1 aliphatic rings. The van der Waals surface area contributed by atoms with Crippen molar-refractivity contribution in [3.63, 3.8) is 0 Å². The molecule has 102 valence electrons. The summed E-state index contributed by atoms with van der Waals surface area (Å²) in [5.41, 5.74) is 0.559. The highest BCUT2D eigenvalue weighted by atomic mass is 79.9. The van der Waals surface area contributed by atoms with Crippen molar-refractivity contribution in [3.05, 3.63) is 34.1 Å². The van der Waals surface area contributed by atoms with E-state index in [1.54, 1.807) is 12.1 Å². The Kier molecular flexibility index (Phi) is 6.52. The van der Waals surface area contributed by atoms with E-state index in [9.17, 15) is 9.50 Å². The fraction of sp³-hybridized carbons (Fsp3) is 0.500.